The molecule has 0 spiro atoms. The zero-order chi connectivity index (χ0) is 28.1. The number of fused-ring (bicyclic) bond motifs is 6. The van der Waals surface area contributed by atoms with Crippen molar-refractivity contribution in [2.75, 3.05) is 4.90 Å². The number of para-hydroxylation sites is 4. The number of aromatic nitrogens is 1. The molecule has 0 N–H and O–H groups in total. The highest BCUT2D eigenvalue weighted by Gasteiger charge is 2.51. The maximum absolute atomic E-state index is 2.93. The summed E-state index contributed by atoms with van der Waals surface area (Å²) in [6.07, 6.45) is 0. The van der Waals surface area contributed by atoms with Crippen LogP contribution in [0.25, 0.3) is 21.8 Å². The maximum Gasteiger partial charge on any atom is 0.259 e. The van der Waals surface area contributed by atoms with E-state index < -0.39 is 8.24 Å². The fraction of sp³-hybridized carbons (Fsp3) is 0.0769. The summed E-state index contributed by atoms with van der Waals surface area (Å²) in [5.41, 5.74) is 9.08. The van der Waals surface area contributed by atoms with Gasteiger partial charge in [0.1, 0.15) is 0 Å². The van der Waals surface area contributed by atoms with Gasteiger partial charge in [0.25, 0.3) is 8.24 Å². The molecule has 0 aliphatic carbocycles. The first kappa shape index (κ1) is 23.8. The SMILES string of the molecule is CC1(C)c2ccccc2N2c3c1cccc3[Si](c1ccccc1)(c1ccccc1)n1c3ccccc3c3cccc2c31. The molecule has 7 aromatic rings. The van der Waals surface area contributed by atoms with Gasteiger partial charge in [-0.2, -0.15) is 0 Å². The molecule has 200 valence electrons. The van der Waals surface area contributed by atoms with E-state index in [1.165, 1.54) is 65.6 Å². The number of hydrogen-bond donors (Lipinski definition) is 0. The average Bonchev–Trinajstić information content (AvgIpc) is 3.32. The standard InChI is InChI=1S/C39H30N2Si/c1-39(2)31-21-10-12-24-34(31)40-35-25-13-20-30-29-19-9-11-23-33(29)41(37(30)35)42(27-15-5-3-6-16-27,28-17-7-4-8-18-28)36-26-14-22-32(39)38(36)40/h3-26H,1-2H3. The second kappa shape index (κ2) is 8.34. The highest BCUT2D eigenvalue weighted by molar-refractivity contribution is 7.12. The molecule has 0 fully saturated rings. The van der Waals surface area contributed by atoms with Crippen LogP contribution in [0.3, 0.4) is 0 Å². The Kier molecular flexibility index (Phi) is 4.73. The van der Waals surface area contributed by atoms with Gasteiger partial charge < -0.3 is 9.13 Å². The van der Waals surface area contributed by atoms with E-state index in [-0.39, 0.29) is 5.41 Å². The molecule has 42 heavy (non-hydrogen) atoms. The molecular formula is C39H30N2Si. The predicted octanol–water partition coefficient (Wildman–Crippen LogP) is 7.73. The van der Waals surface area contributed by atoms with Crippen molar-refractivity contribution < 1.29 is 0 Å². The van der Waals surface area contributed by atoms with Crippen molar-refractivity contribution in [1.82, 2.24) is 4.23 Å². The minimum absolute atomic E-state index is 0.152. The topological polar surface area (TPSA) is 8.17 Å². The van der Waals surface area contributed by atoms with Gasteiger partial charge >= 0.3 is 0 Å². The van der Waals surface area contributed by atoms with Crippen LogP contribution in [0.15, 0.2) is 146 Å². The molecule has 3 heterocycles. The van der Waals surface area contributed by atoms with Crippen molar-refractivity contribution >= 4 is 62.7 Å². The van der Waals surface area contributed by atoms with Gasteiger partial charge in [-0.15, -0.1) is 0 Å². The Morgan fingerprint density at radius 1 is 0.500 bits per heavy atom. The molecule has 3 heteroatoms. The van der Waals surface area contributed by atoms with Gasteiger partial charge in [0, 0.05) is 21.7 Å². The first-order chi connectivity index (χ1) is 20.6. The average molecular weight is 555 g/mol. The van der Waals surface area contributed by atoms with Crippen molar-refractivity contribution in [2.24, 2.45) is 0 Å². The van der Waals surface area contributed by atoms with Crippen LogP contribution in [0.2, 0.25) is 0 Å². The molecule has 2 aliphatic heterocycles. The monoisotopic (exact) mass is 554 g/mol. The van der Waals surface area contributed by atoms with Crippen molar-refractivity contribution in [3.63, 3.8) is 0 Å². The first-order valence-corrected chi connectivity index (χ1v) is 16.8. The molecule has 6 aromatic carbocycles. The highest BCUT2D eigenvalue weighted by Crippen LogP contribution is 2.54. The Morgan fingerprint density at radius 3 is 1.83 bits per heavy atom. The van der Waals surface area contributed by atoms with Crippen molar-refractivity contribution in [2.45, 2.75) is 19.3 Å². The summed E-state index contributed by atoms with van der Waals surface area (Å²) >= 11 is 0. The van der Waals surface area contributed by atoms with E-state index in [1.54, 1.807) is 0 Å². The smallest absolute Gasteiger partial charge is 0.259 e. The van der Waals surface area contributed by atoms with Gasteiger partial charge in [-0.05, 0) is 44.9 Å². The van der Waals surface area contributed by atoms with Gasteiger partial charge in [-0.25, -0.2) is 0 Å². The van der Waals surface area contributed by atoms with E-state index in [4.69, 9.17) is 0 Å². The number of nitrogens with zero attached hydrogens (tertiary/aromatic N) is 2. The quantitative estimate of drug-likeness (QED) is 0.199. The zero-order valence-corrected chi connectivity index (χ0v) is 24.8. The Morgan fingerprint density at radius 2 is 1.07 bits per heavy atom. The molecule has 2 nitrogen and oxygen atoms in total. The van der Waals surface area contributed by atoms with Crippen LogP contribution in [-0.4, -0.2) is 12.5 Å². The number of hydrogen-bond acceptors (Lipinski definition) is 1. The lowest BCUT2D eigenvalue weighted by Gasteiger charge is -2.44. The molecule has 0 bridgehead atoms. The molecule has 0 radical (unpaired) electrons. The van der Waals surface area contributed by atoms with Gasteiger partial charge in [0.05, 0.1) is 22.6 Å². The van der Waals surface area contributed by atoms with E-state index in [0.717, 1.165) is 0 Å². The van der Waals surface area contributed by atoms with Crippen LogP contribution in [0.5, 0.6) is 0 Å². The van der Waals surface area contributed by atoms with Crippen molar-refractivity contribution in [3.8, 4) is 0 Å². The summed E-state index contributed by atoms with van der Waals surface area (Å²) in [5.74, 6) is 0. The van der Waals surface area contributed by atoms with Crippen LogP contribution in [0.1, 0.15) is 25.0 Å². The molecule has 1 aromatic heterocycles. The minimum Gasteiger partial charge on any atom is -0.353 e. The number of anilines is 3. The maximum atomic E-state index is 2.79. The van der Waals surface area contributed by atoms with Crippen LogP contribution < -0.4 is 20.5 Å². The Hall–Kier alpha value is -4.86. The van der Waals surface area contributed by atoms with E-state index in [1.807, 2.05) is 0 Å². The first-order valence-electron chi connectivity index (χ1n) is 14.8. The molecule has 0 amide bonds. The summed E-state index contributed by atoms with van der Waals surface area (Å²) < 4.78 is 2.79. The second-order valence-corrected chi connectivity index (χ2v) is 15.7. The lowest BCUT2D eigenvalue weighted by Crippen LogP contribution is -2.72. The van der Waals surface area contributed by atoms with E-state index in [0.29, 0.717) is 0 Å². The summed E-state index contributed by atoms with van der Waals surface area (Å²) in [7, 11) is -2.93. The van der Waals surface area contributed by atoms with Gasteiger partial charge in [-0.3, -0.25) is 0 Å². The lowest BCUT2D eigenvalue weighted by atomic mass is 9.73. The minimum atomic E-state index is -2.93. The molecule has 0 saturated heterocycles. The lowest BCUT2D eigenvalue weighted by molar-refractivity contribution is 0.633. The van der Waals surface area contributed by atoms with Crippen molar-refractivity contribution in [1.29, 1.82) is 0 Å². The van der Waals surface area contributed by atoms with Gasteiger partial charge in [0.2, 0.25) is 0 Å². The summed E-state index contributed by atoms with van der Waals surface area (Å²) in [4.78, 5) is 2.60. The van der Waals surface area contributed by atoms with Gasteiger partial charge in [-0.1, -0.05) is 141 Å². The largest absolute Gasteiger partial charge is 0.353 e. The molecular weight excluding hydrogens is 525 g/mol. The third-order valence-corrected chi connectivity index (χ3v) is 14.4. The fourth-order valence-corrected chi connectivity index (χ4v) is 13.2. The predicted molar refractivity (Wildman–Crippen MR) is 179 cm³/mol. The zero-order valence-electron chi connectivity index (χ0n) is 23.8. The molecule has 0 unspecified atom stereocenters. The van der Waals surface area contributed by atoms with Crippen molar-refractivity contribution in [3.05, 3.63) is 157 Å². The van der Waals surface area contributed by atoms with Crippen LogP contribution in [0, 0.1) is 0 Å². The van der Waals surface area contributed by atoms with E-state index in [2.05, 4.69) is 169 Å². The normalized spacial score (nSPS) is 15.7. The Bertz CT molecular complexity index is 2140. The number of benzene rings is 6. The third kappa shape index (κ3) is 2.79. The molecule has 9 rings (SSSR count). The summed E-state index contributed by atoms with van der Waals surface area (Å²) in [6, 6.07) is 54.8. The summed E-state index contributed by atoms with van der Waals surface area (Å²) in [5, 5.41) is 6.83. The highest BCUT2D eigenvalue weighted by atomic mass is 28.3. The Balaban J connectivity index is 1.62. The second-order valence-electron chi connectivity index (χ2n) is 12.1. The third-order valence-electron chi connectivity index (χ3n) is 9.77. The summed E-state index contributed by atoms with van der Waals surface area (Å²) in [6.45, 7) is 4.79. The Labute approximate surface area is 247 Å². The van der Waals surface area contributed by atoms with E-state index >= 15 is 0 Å². The molecule has 0 atom stereocenters. The molecule has 2 aliphatic rings. The van der Waals surface area contributed by atoms with E-state index in [9.17, 15) is 0 Å². The molecule has 0 saturated carbocycles. The van der Waals surface area contributed by atoms with Crippen LogP contribution >= 0.6 is 0 Å². The van der Waals surface area contributed by atoms with Gasteiger partial charge in [0.15, 0.2) is 0 Å². The fourth-order valence-electron chi connectivity index (χ4n) is 8.04. The van der Waals surface area contributed by atoms with Crippen LogP contribution in [0.4, 0.5) is 17.1 Å². The number of rotatable bonds is 2. The van der Waals surface area contributed by atoms with Crippen LogP contribution in [-0.2, 0) is 5.41 Å².